The summed E-state index contributed by atoms with van der Waals surface area (Å²) in [6.45, 7) is 3.37. The number of carbonyl (C=O) groups is 4. The number of benzene rings is 1. The molecule has 3 amide bonds. The van der Waals surface area contributed by atoms with Crippen molar-refractivity contribution in [3.8, 4) is 0 Å². The van der Waals surface area contributed by atoms with Gasteiger partial charge in [-0.3, -0.25) is 14.4 Å². The van der Waals surface area contributed by atoms with Crippen LogP contribution >= 0.6 is 11.8 Å². The topological polar surface area (TPSA) is 167 Å². The van der Waals surface area contributed by atoms with E-state index in [1.165, 1.54) is 28.8 Å². The third kappa shape index (κ3) is 3.63. The highest BCUT2D eigenvalue weighted by Crippen LogP contribution is 2.50. The maximum atomic E-state index is 13.0. The lowest BCUT2D eigenvalue weighted by Gasteiger charge is -2.44. The maximum absolute atomic E-state index is 13.0. The van der Waals surface area contributed by atoms with Crippen LogP contribution in [0.5, 0.6) is 0 Å². The van der Waals surface area contributed by atoms with E-state index in [-0.39, 0.29) is 16.3 Å². The first kappa shape index (κ1) is 22.1. The second-order valence-electron chi connectivity index (χ2n) is 7.38. The van der Waals surface area contributed by atoms with E-state index in [1.807, 2.05) is 0 Å². The van der Waals surface area contributed by atoms with Crippen molar-refractivity contribution in [1.82, 2.24) is 14.5 Å². The van der Waals surface area contributed by atoms with Gasteiger partial charge < -0.3 is 15.3 Å². The summed E-state index contributed by atoms with van der Waals surface area (Å²) in [5.74, 6) is -2.69. The van der Waals surface area contributed by atoms with Gasteiger partial charge in [0, 0.05) is 4.75 Å². The van der Waals surface area contributed by atoms with Gasteiger partial charge >= 0.3 is 16.2 Å². The van der Waals surface area contributed by atoms with E-state index in [0.717, 1.165) is 0 Å². The number of thioether (sulfide) groups is 1. The summed E-state index contributed by atoms with van der Waals surface area (Å²) in [6, 6.07) is 3.85. The number of carboxylic acid groups (broad SMARTS) is 1. The molecule has 4 N–H and O–H groups in total. The second kappa shape index (κ2) is 7.56. The van der Waals surface area contributed by atoms with Gasteiger partial charge in [0.1, 0.15) is 17.5 Å². The van der Waals surface area contributed by atoms with Crippen molar-refractivity contribution < 1.29 is 32.7 Å². The Bertz CT molecular complexity index is 999. The zero-order valence-corrected chi connectivity index (χ0v) is 17.6. The van der Waals surface area contributed by atoms with Crippen LogP contribution in [0.1, 0.15) is 25.5 Å². The molecule has 30 heavy (non-hydrogen) atoms. The molecular weight excluding hydrogens is 436 g/mol. The van der Waals surface area contributed by atoms with Gasteiger partial charge in [-0.05, 0) is 19.4 Å². The predicted octanol–water partition coefficient (Wildman–Crippen LogP) is -0.979. The van der Waals surface area contributed by atoms with E-state index in [0.29, 0.717) is 0 Å². The Labute approximate surface area is 176 Å². The van der Waals surface area contributed by atoms with Crippen LogP contribution < -0.4 is 10.5 Å². The van der Waals surface area contributed by atoms with Gasteiger partial charge in [-0.25, -0.2) is 14.2 Å². The van der Waals surface area contributed by atoms with Crippen LogP contribution in [0.2, 0.25) is 0 Å². The fourth-order valence-corrected chi connectivity index (χ4v) is 5.95. The Balaban J connectivity index is 1.88. The Hall–Kier alpha value is -2.64. The number of fused-ring (bicyclic) bond motifs is 1. The molecule has 0 saturated carbocycles. The number of rotatable bonds is 7. The summed E-state index contributed by atoms with van der Waals surface area (Å²) in [4.78, 5) is 49.8. The molecule has 2 fully saturated rings. The van der Waals surface area contributed by atoms with Gasteiger partial charge in [-0.2, -0.15) is 8.42 Å². The van der Waals surface area contributed by atoms with Crippen molar-refractivity contribution in [2.45, 2.75) is 42.1 Å². The van der Waals surface area contributed by atoms with Crippen LogP contribution in [0.15, 0.2) is 30.3 Å². The lowest BCUT2D eigenvalue weighted by molar-refractivity contribution is -0.161. The Morgan fingerprint density at radius 2 is 1.93 bits per heavy atom. The standard InChI is InChI=1S/C17H20N4O7S2/c1-17(2)12(16(25)26)21-14(24)10(15(21)29-17)19-13(23)11(9-6-4-3-5-7-9)20(8-22)30(18,27)28/h3-8,10-12,15H,1-2H3,(H,19,23)(H,25,26)(H2,18,27,28)/t10-,11?,12+,15-/m1/s1. The monoisotopic (exact) mass is 456 g/mol. The van der Waals surface area contributed by atoms with Gasteiger partial charge in [0.15, 0.2) is 6.04 Å². The zero-order chi connectivity index (χ0) is 22.4. The first-order chi connectivity index (χ1) is 13.9. The van der Waals surface area contributed by atoms with E-state index in [4.69, 9.17) is 5.14 Å². The van der Waals surface area contributed by atoms with Crippen molar-refractivity contribution in [2.75, 3.05) is 0 Å². The smallest absolute Gasteiger partial charge is 0.327 e. The zero-order valence-electron chi connectivity index (χ0n) is 16.0. The molecule has 3 rings (SSSR count). The molecule has 2 saturated heterocycles. The first-order valence-corrected chi connectivity index (χ1v) is 11.1. The fourth-order valence-electron chi connectivity index (χ4n) is 3.69. The third-order valence-corrected chi connectivity index (χ3v) is 7.44. The van der Waals surface area contributed by atoms with E-state index >= 15 is 0 Å². The molecule has 1 aromatic rings. The average Bonchev–Trinajstić information content (AvgIpc) is 2.91. The van der Waals surface area contributed by atoms with Crippen LogP contribution in [0.4, 0.5) is 0 Å². The van der Waals surface area contributed by atoms with Crippen LogP contribution in [-0.4, -0.2) is 69.1 Å². The number of hydrogen-bond acceptors (Lipinski definition) is 7. The van der Waals surface area contributed by atoms with Gasteiger partial charge in [-0.15, -0.1) is 11.8 Å². The van der Waals surface area contributed by atoms with E-state index in [9.17, 15) is 32.7 Å². The number of amides is 3. The number of nitrogens with two attached hydrogens (primary N) is 1. The highest BCUT2D eigenvalue weighted by Gasteiger charge is 2.64. The average molecular weight is 457 g/mol. The Kier molecular flexibility index (Phi) is 5.56. The van der Waals surface area contributed by atoms with Gasteiger partial charge in [0.25, 0.3) is 0 Å². The molecular formula is C17H20N4O7S2. The summed E-state index contributed by atoms with van der Waals surface area (Å²) < 4.78 is 23.1. The summed E-state index contributed by atoms with van der Waals surface area (Å²) in [5, 5.41) is 16.4. The number of hydrogen-bond donors (Lipinski definition) is 3. The number of nitrogens with zero attached hydrogens (tertiary/aromatic N) is 2. The third-order valence-electron chi connectivity index (χ3n) is 4.99. The van der Waals surface area contributed by atoms with Gasteiger partial charge in [0.05, 0.1) is 0 Å². The summed E-state index contributed by atoms with van der Waals surface area (Å²) in [5.41, 5.74) is 0.169. The maximum Gasteiger partial charge on any atom is 0.327 e. The normalized spacial score (nSPS) is 25.6. The summed E-state index contributed by atoms with van der Waals surface area (Å²) >= 11 is 1.22. The molecule has 2 aliphatic heterocycles. The van der Waals surface area contributed by atoms with E-state index in [1.54, 1.807) is 32.0 Å². The van der Waals surface area contributed by atoms with Crippen LogP contribution in [-0.2, 0) is 29.4 Å². The molecule has 1 aromatic carbocycles. The number of carboxylic acids is 1. The van der Waals surface area contributed by atoms with Crippen molar-refractivity contribution >= 4 is 46.2 Å². The molecule has 0 aromatic heterocycles. The molecule has 4 atom stereocenters. The molecule has 0 aliphatic carbocycles. The highest BCUT2D eigenvalue weighted by molar-refractivity contribution is 8.01. The number of β-lactam (4-membered cyclic amide) rings is 1. The highest BCUT2D eigenvalue weighted by atomic mass is 32.2. The van der Waals surface area contributed by atoms with E-state index < -0.39 is 56.2 Å². The largest absolute Gasteiger partial charge is 0.480 e. The predicted molar refractivity (Wildman–Crippen MR) is 106 cm³/mol. The molecule has 0 radical (unpaired) electrons. The van der Waals surface area contributed by atoms with Gasteiger partial charge in [-0.1, -0.05) is 30.3 Å². The van der Waals surface area contributed by atoms with Crippen LogP contribution in [0.25, 0.3) is 0 Å². The summed E-state index contributed by atoms with van der Waals surface area (Å²) in [7, 11) is -4.58. The fraction of sp³-hybridized carbons (Fsp3) is 0.412. The molecule has 11 nitrogen and oxygen atoms in total. The minimum atomic E-state index is -4.58. The second-order valence-corrected chi connectivity index (χ2v) is 10.6. The lowest BCUT2D eigenvalue weighted by atomic mass is 9.95. The molecule has 1 unspecified atom stereocenters. The molecule has 2 aliphatic rings. The first-order valence-electron chi connectivity index (χ1n) is 8.75. The molecule has 162 valence electrons. The van der Waals surface area contributed by atoms with Crippen molar-refractivity contribution in [1.29, 1.82) is 0 Å². The molecule has 13 heteroatoms. The molecule has 0 spiro atoms. The molecule has 2 heterocycles. The number of carbonyl (C=O) groups excluding carboxylic acids is 3. The number of aliphatic carboxylic acids is 1. The number of nitrogens with one attached hydrogen (secondary N) is 1. The Morgan fingerprint density at radius 3 is 2.43 bits per heavy atom. The molecule has 0 bridgehead atoms. The van der Waals surface area contributed by atoms with Crippen molar-refractivity contribution in [2.24, 2.45) is 5.14 Å². The minimum Gasteiger partial charge on any atom is -0.480 e. The SMILES string of the molecule is CC1(C)S[C@@H]2[C@H](NC(=O)C(c3ccccc3)N(C=O)S(N)(=O)=O)C(=O)N2[C@H]1C(=O)O. The van der Waals surface area contributed by atoms with E-state index in [2.05, 4.69) is 5.32 Å². The van der Waals surface area contributed by atoms with Crippen LogP contribution in [0.3, 0.4) is 0 Å². The van der Waals surface area contributed by atoms with Crippen LogP contribution in [0, 0.1) is 0 Å². The van der Waals surface area contributed by atoms with Crippen molar-refractivity contribution in [3.63, 3.8) is 0 Å². The lowest BCUT2D eigenvalue weighted by Crippen LogP contribution is -2.71. The van der Waals surface area contributed by atoms with Gasteiger partial charge in [0.2, 0.25) is 18.2 Å². The Morgan fingerprint density at radius 1 is 1.33 bits per heavy atom. The quantitative estimate of drug-likeness (QED) is 0.348. The van der Waals surface area contributed by atoms with Crippen molar-refractivity contribution in [3.05, 3.63) is 35.9 Å². The summed E-state index contributed by atoms with van der Waals surface area (Å²) in [6.07, 6.45) is -0.0740. The minimum absolute atomic E-state index is 0.0740.